The lowest BCUT2D eigenvalue weighted by molar-refractivity contribution is 0.0263. The van der Waals surface area contributed by atoms with Gasteiger partial charge in [0.15, 0.2) is 0 Å². The van der Waals surface area contributed by atoms with Gasteiger partial charge in [0.25, 0.3) is 5.91 Å². The van der Waals surface area contributed by atoms with Crippen molar-refractivity contribution in [3.8, 4) is 0 Å². The van der Waals surface area contributed by atoms with Crippen molar-refractivity contribution in [2.45, 2.75) is 37.2 Å². The summed E-state index contributed by atoms with van der Waals surface area (Å²) in [5.41, 5.74) is 7.86. The summed E-state index contributed by atoms with van der Waals surface area (Å²) in [6.07, 6.45) is 4.65. The van der Waals surface area contributed by atoms with E-state index in [0.29, 0.717) is 46.8 Å². The van der Waals surface area contributed by atoms with Gasteiger partial charge < -0.3 is 16.2 Å². The minimum atomic E-state index is -0.912. The zero-order valence-corrected chi connectivity index (χ0v) is 20.4. The Labute approximate surface area is 198 Å². The van der Waals surface area contributed by atoms with Gasteiger partial charge in [-0.25, -0.2) is 4.68 Å². The Bertz CT molecular complexity index is 1230. The third kappa shape index (κ3) is 3.82. The fourth-order valence-corrected chi connectivity index (χ4v) is 6.04. The first kappa shape index (κ1) is 22.3. The van der Waals surface area contributed by atoms with Gasteiger partial charge >= 0.3 is 0 Å². The van der Waals surface area contributed by atoms with E-state index in [1.54, 1.807) is 41.8 Å². The number of aryl methyl sites for hydroxylation is 2. The summed E-state index contributed by atoms with van der Waals surface area (Å²) in [7, 11) is 6.11. The molecule has 1 aromatic carbocycles. The maximum Gasteiger partial charge on any atom is 0.261 e. The molecule has 11 heteroatoms. The average molecular weight is 488 g/mol. The van der Waals surface area contributed by atoms with Crippen molar-refractivity contribution in [2.24, 2.45) is 25.9 Å². The monoisotopic (exact) mass is 487 g/mol. The third-order valence-electron chi connectivity index (χ3n) is 7.22. The number of rotatable bonds is 4. The highest BCUT2D eigenvalue weighted by molar-refractivity contribution is 7.28. The van der Waals surface area contributed by atoms with E-state index >= 15 is 0 Å². The van der Waals surface area contributed by atoms with Crippen LogP contribution in [0.4, 0.5) is 11.5 Å². The first-order chi connectivity index (χ1) is 15.7. The number of carbonyl (C=O) groups is 1. The highest BCUT2D eigenvalue weighted by atomic mass is 35.5. The predicted molar refractivity (Wildman–Crippen MR) is 129 cm³/mol. The van der Waals surface area contributed by atoms with Gasteiger partial charge in [-0.1, -0.05) is 22.9 Å². The maximum atomic E-state index is 13.2. The second kappa shape index (κ2) is 8.08. The molecule has 2 fully saturated rings. The van der Waals surface area contributed by atoms with Crippen LogP contribution in [0.15, 0.2) is 24.4 Å². The average Bonchev–Trinajstić information content (AvgIpc) is 3.48. The van der Waals surface area contributed by atoms with Gasteiger partial charge in [0, 0.05) is 30.7 Å². The summed E-state index contributed by atoms with van der Waals surface area (Å²) in [5.74, 6) is 0.824. The Morgan fingerprint density at radius 2 is 1.97 bits per heavy atom. The number of nitrogen functional groups attached to an aromatic ring is 1. The molecule has 3 aromatic rings. The van der Waals surface area contributed by atoms with Crippen LogP contribution in [0.5, 0.6) is 0 Å². The van der Waals surface area contributed by atoms with Crippen LogP contribution in [0, 0.1) is 11.8 Å². The van der Waals surface area contributed by atoms with E-state index in [0.717, 1.165) is 29.5 Å². The molecule has 174 valence electrons. The van der Waals surface area contributed by atoms with Crippen LogP contribution in [0.3, 0.4) is 0 Å². The van der Waals surface area contributed by atoms with Gasteiger partial charge in [-0.05, 0) is 55.0 Å². The highest BCUT2D eigenvalue weighted by Gasteiger charge is 2.51. The third-order valence-corrected chi connectivity index (χ3v) is 8.24. The number of aromatic nitrogens is 5. The van der Waals surface area contributed by atoms with Crippen LogP contribution in [-0.4, -0.2) is 35.8 Å². The predicted octanol–water partition coefficient (Wildman–Crippen LogP) is 2.33. The number of anilines is 2. The van der Waals surface area contributed by atoms with Crippen LogP contribution in [0.25, 0.3) is 0 Å². The lowest BCUT2D eigenvalue weighted by atomic mass is 9.90. The summed E-state index contributed by atoms with van der Waals surface area (Å²) in [4.78, 5) is 13.2. The Balaban J connectivity index is 1.36. The smallest absolute Gasteiger partial charge is 0.261 e. The second-order valence-corrected chi connectivity index (χ2v) is 10.4. The molecule has 5 rings (SSSR count). The molecule has 0 aliphatic heterocycles. The zero-order valence-electron chi connectivity index (χ0n) is 18.5. The molecule has 9 nitrogen and oxygen atoms in total. The van der Waals surface area contributed by atoms with E-state index in [4.69, 9.17) is 17.3 Å². The van der Waals surface area contributed by atoms with Crippen LogP contribution in [-0.2, 0) is 19.7 Å². The number of hydrogen-bond donors (Lipinski definition) is 3. The van der Waals surface area contributed by atoms with Crippen molar-refractivity contribution in [2.75, 3.05) is 11.1 Å². The fourth-order valence-electron chi connectivity index (χ4n) is 5.68. The molecule has 0 saturated heterocycles. The van der Waals surface area contributed by atoms with E-state index < -0.39 is 5.60 Å². The van der Waals surface area contributed by atoms with Crippen molar-refractivity contribution in [3.05, 3.63) is 46.4 Å². The SMILES string of the molecule is Cn1nncc1C1(O)CC2CC(c3nn(C)c(N)c3C(=O)Nc3ccc(P)c(Cl)c3)CC2C1. The van der Waals surface area contributed by atoms with Gasteiger partial charge in [-0.3, -0.25) is 9.48 Å². The standard InChI is InChI=1S/C22H27ClN7O2P/c1-29-17(10-25-28-29)22(32)8-12-5-11(6-13(12)9-22)19-18(20(24)30(2)27-19)21(31)26-14-3-4-16(33)15(23)7-14/h3-4,7,10-13,32H,5-6,8-9,24,33H2,1-2H3,(H,26,31). The first-order valence-electron chi connectivity index (χ1n) is 10.9. The topological polar surface area (TPSA) is 124 Å². The van der Waals surface area contributed by atoms with Gasteiger partial charge in [0.1, 0.15) is 17.0 Å². The van der Waals surface area contributed by atoms with Crippen molar-refractivity contribution in [1.29, 1.82) is 0 Å². The molecular weight excluding hydrogens is 461 g/mol. The van der Waals surface area contributed by atoms with E-state index in [9.17, 15) is 9.90 Å². The Morgan fingerprint density at radius 3 is 2.58 bits per heavy atom. The van der Waals surface area contributed by atoms with E-state index in [1.165, 1.54) is 0 Å². The van der Waals surface area contributed by atoms with Crippen LogP contribution >= 0.6 is 20.8 Å². The number of carbonyl (C=O) groups excluding carboxylic acids is 1. The molecule has 2 saturated carbocycles. The van der Waals surface area contributed by atoms with Gasteiger partial charge in [0.2, 0.25) is 0 Å². The Kier molecular flexibility index (Phi) is 5.46. The van der Waals surface area contributed by atoms with Crippen LogP contribution in [0.1, 0.15) is 53.3 Å². The number of fused-ring (bicyclic) bond motifs is 1. The molecule has 3 atom stereocenters. The largest absolute Gasteiger partial charge is 0.383 e. The molecule has 2 aromatic heterocycles. The molecule has 2 aliphatic rings. The number of nitrogens with zero attached hydrogens (tertiary/aromatic N) is 5. The lowest BCUT2D eigenvalue weighted by Crippen LogP contribution is -2.26. The van der Waals surface area contributed by atoms with Gasteiger partial charge in [0.05, 0.1) is 17.6 Å². The summed E-state index contributed by atoms with van der Waals surface area (Å²) in [6.45, 7) is 0. The number of amides is 1. The Hall–Kier alpha value is -2.48. The minimum absolute atomic E-state index is 0.108. The molecule has 4 N–H and O–H groups in total. The number of halogens is 1. The summed E-state index contributed by atoms with van der Waals surface area (Å²) in [5, 5.41) is 28.1. The number of aliphatic hydroxyl groups is 1. The first-order valence-corrected chi connectivity index (χ1v) is 11.9. The molecule has 33 heavy (non-hydrogen) atoms. The quantitative estimate of drug-likeness (QED) is 0.485. The van der Waals surface area contributed by atoms with E-state index in [2.05, 4.69) is 30.0 Å². The molecule has 3 unspecified atom stereocenters. The summed E-state index contributed by atoms with van der Waals surface area (Å²) >= 11 is 6.19. The van der Waals surface area contributed by atoms with E-state index in [-0.39, 0.29) is 11.8 Å². The lowest BCUT2D eigenvalue weighted by Gasteiger charge is -2.24. The molecule has 0 radical (unpaired) electrons. The number of hydrogen-bond acceptors (Lipinski definition) is 6. The van der Waals surface area contributed by atoms with Gasteiger partial charge in [-0.15, -0.1) is 14.3 Å². The summed E-state index contributed by atoms with van der Waals surface area (Å²) in [6, 6.07) is 5.34. The Morgan fingerprint density at radius 1 is 1.27 bits per heavy atom. The maximum absolute atomic E-state index is 13.2. The number of nitrogens with one attached hydrogen (secondary N) is 1. The second-order valence-electron chi connectivity index (χ2n) is 9.33. The van der Waals surface area contributed by atoms with Gasteiger partial charge in [-0.2, -0.15) is 5.10 Å². The fraction of sp³-hybridized carbons (Fsp3) is 0.455. The zero-order chi connectivity index (χ0) is 23.5. The number of benzene rings is 1. The molecule has 1 amide bonds. The van der Waals surface area contributed by atoms with Crippen molar-refractivity contribution in [1.82, 2.24) is 24.8 Å². The summed E-state index contributed by atoms with van der Waals surface area (Å²) < 4.78 is 3.21. The molecule has 2 aliphatic carbocycles. The van der Waals surface area contributed by atoms with Crippen LogP contribution < -0.4 is 16.4 Å². The normalized spacial score (nSPS) is 26.5. The highest BCUT2D eigenvalue weighted by Crippen LogP contribution is 2.56. The van der Waals surface area contributed by atoms with E-state index in [1.807, 2.05) is 6.07 Å². The molecular formula is C22H27ClN7O2P. The molecule has 0 spiro atoms. The van der Waals surface area contributed by atoms with Crippen molar-refractivity contribution in [3.63, 3.8) is 0 Å². The number of nitrogens with two attached hydrogens (primary N) is 1. The van der Waals surface area contributed by atoms with Crippen LogP contribution in [0.2, 0.25) is 5.02 Å². The molecule has 0 bridgehead atoms. The van der Waals surface area contributed by atoms with Crippen molar-refractivity contribution < 1.29 is 9.90 Å². The van der Waals surface area contributed by atoms with Crippen molar-refractivity contribution >= 4 is 43.6 Å². The molecule has 2 heterocycles. The minimum Gasteiger partial charge on any atom is -0.383 e.